The van der Waals surface area contributed by atoms with Gasteiger partial charge in [0.25, 0.3) is 0 Å². The number of quaternary nitrogens is 1. The van der Waals surface area contributed by atoms with E-state index in [2.05, 4.69) is 86.8 Å². The smallest absolute Gasteiger partial charge is 0.457 e. The SMILES string of the molecule is CC/C=C\C/C=C\C/C=C\C/C=C\CCC(=O)OC(COCCCCCCCCC/C=C\C/C=C\C/C=C\CCCCC)COP(=O)(O)OCC[N+](C)(C)C. The summed E-state index contributed by atoms with van der Waals surface area (Å²) in [6.45, 7) is 5.32. The second-order valence-corrected chi connectivity index (χ2v) is 16.4. The number of phosphoric acid groups is 1. The number of hydrogen-bond acceptors (Lipinski definition) is 6. The van der Waals surface area contributed by atoms with Crippen LogP contribution in [0.15, 0.2) is 85.1 Å². The van der Waals surface area contributed by atoms with Crippen LogP contribution in [-0.2, 0) is 27.9 Å². The maximum absolute atomic E-state index is 12.6. The van der Waals surface area contributed by atoms with Crippen molar-refractivity contribution in [1.82, 2.24) is 0 Å². The van der Waals surface area contributed by atoms with E-state index in [9.17, 15) is 14.3 Å². The molecule has 55 heavy (non-hydrogen) atoms. The van der Waals surface area contributed by atoms with E-state index in [-0.39, 0.29) is 26.2 Å². The van der Waals surface area contributed by atoms with Crippen LogP contribution in [0.1, 0.15) is 142 Å². The number of rotatable bonds is 38. The summed E-state index contributed by atoms with van der Waals surface area (Å²) < 4.78 is 34.8. The molecule has 0 radical (unpaired) electrons. The summed E-state index contributed by atoms with van der Waals surface area (Å²) in [5.74, 6) is -0.401. The standard InChI is InChI=1S/C46H80NO7P/c1-6-8-10-12-14-16-18-20-21-22-23-24-25-26-28-30-32-34-36-38-41-51-43-45(44-53-55(49,50)52-42-40-47(3,4)5)54-46(48)39-37-35-33-31-29-27-19-17-15-13-11-9-7-2/h9,11,14-17,20-21,23-24,27,29,33,35,45H,6-8,10,12-13,18-19,22,25-26,28,30-32,34,36-44H2,1-5H3/p+1/b11-9-,16-14-,17-15-,21-20-,24-23-,29-27-,35-33-. The number of nitrogens with zero attached hydrogens (tertiary/aromatic N) is 1. The monoisotopic (exact) mass is 791 g/mol. The zero-order valence-corrected chi connectivity index (χ0v) is 36.5. The van der Waals surface area contributed by atoms with Crippen molar-refractivity contribution in [3.05, 3.63) is 85.1 Å². The molecule has 2 unspecified atom stereocenters. The fourth-order valence-electron chi connectivity index (χ4n) is 5.16. The van der Waals surface area contributed by atoms with Crippen molar-refractivity contribution < 1.29 is 37.3 Å². The number of unbranched alkanes of at least 4 members (excludes halogenated alkanes) is 10. The Balaban J connectivity index is 4.34. The lowest BCUT2D eigenvalue weighted by Gasteiger charge is -2.24. The molecule has 2 atom stereocenters. The van der Waals surface area contributed by atoms with Crippen LogP contribution in [0.4, 0.5) is 0 Å². The molecule has 0 bridgehead atoms. The Kier molecular flexibility index (Phi) is 36.9. The van der Waals surface area contributed by atoms with Gasteiger partial charge in [-0.25, -0.2) is 4.57 Å². The molecule has 0 saturated carbocycles. The molecule has 316 valence electrons. The first-order chi connectivity index (χ1) is 26.6. The summed E-state index contributed by atoms with van der Waals surface area (Å²) in [6, 6.07) is 0. The van der Waals surface area contributed by atoms with E-state index in [4.69, 9.17) is 18.5 Å². The molecule has 0 aromatic carbocycles. The quantitative estimate of drug-likeness (QED) is 0.0219. The van der Waals surface area contributed by atoms with Gasteiger partial charge in [-0.3, -0.25) is 13.8 Å². The van der Waals surface area contributed by atoms with Crippen molar-refractivity contribution in [3.8, 4) is 0 Å². The van der Waals surface area contributed by atoms with Gasteiger partial charge < -0.3 is 18.9 Å². The van der Waals surface area contributed by atoms with Gasteiger partial charge in [0.15, 0.2) is 0 Å². The van der Waals surface area contributed by atoms with Gasteiger partial charge in [0.2, 0.25) is 0 Å². The average molecular weight is 791 g/mol. The van der Waals surface area contributed by atoms with Gasteiger partial charge in [-0.2, -0.15) is 0 Å². The Morgan fingerprint density at radius 1 is 0.582 bits per heavy atom. The molecule has 0 aliphatic carbocycles. The topological polar surface area (TPSA) is 91.3 Å². The van der Waals surface area contributed by atoms with Crippen LogP contribution < -0.4 is 0 Å². The highest BCUT2D eigenvalue weighted by molar-refractivity contribution is 7.47. The summed E-state index contributed by atoms with van der Waals surface area (Å²) >= 11 is 0. The summed E-state index contributed by atoms with van der Waals surface area (Å²) in [7, 11) is 1.60. The van der Waals surface area contributed by atoms with E-state index in [1.807, 2.05) is 33.3 Å². The average Bonchev–Trinajstić information content (AvgIpc) is 3.13. The summed E-state index contributed by atoms with van der Waals surface area (Å²) in [6.07, 6.45) is 50.7. The zero-order valence-electron chi connectivity index (χ0n) is 35.6. The van der Waals surface area contributed by atoms with Crippen LogP contribution in [0.5, 0.6) is 0 Å². The third-order valence-electron chi connectivity index (χ3n) is 8.45. The number of likely N-dealkylation sites (N-methyl/N-ethyl adjacent to an activating group) is 1. The van der Waals surface area contributed by atoms with Crippen molar-refractivity contribution in [2.24, 2.45) is 0 Å². The Hall–Kier alpha value is -2.32. The molecular formula is C46H81NO7P+. The number of esters is 1. The minimum atomic E-state index is -4.30. The molecule has 0 heterocycles. The van der Waals surface area contributed by atoms with Gasteiger partial charge in [-0.1, -0.05) is 144 Å². The first-order valence-corrected chi connectivity index (χ1v) is 22.8. The number of carbonyl (C=O) groups excluding carboxylic acids is 1. The Labute approximate surface area is 337 Å². The molecule has 8 nitrogen and oxygen atoms in total. The lowest BCUT2D eigenvalue weighted by molar-refractivity contribution is -0.870. The summed E-state index contributed by atoms with van der Waals surface area (Å²) in [4.78, 5) is 22.8. The van der Waals surface area contributed by atoms with Crippen LogP contribution in [0.3, 0.4) is 0 Å². The van der Waals surface area contributed by atoms with Gasteiger partial charge in [0.1, 0.15) is 19.3 Å². The Bertz CT molecular complexity index is 1150. The number of carbonyl (C=O) groups is 1. The van der Waals surface area contributed by atoms with Crippen molar-refractivity contribution in [1.29, 1.82) is 0 Å². The summed E-state index contributed by atoms with van der Waals surface area (Å²) in [5.41, 5.74) is 0. The highest BCUT2D eigenvalue weighted by Gasteiger charge is 2.26. The van der Waals surface area contributed by atoms with Crippen LogP contribution in [-0.4, -0.2) is 75.6 Å². The molecular weight excluding hydrogens is 709 g/mol. The molecule has 0 fully saturated rings. The predicted molar refractivity (Wildman–Crippen MR) is 233 cm³/mol. The lowest BCUT2D eigenvalue weighted by atomic mass is 10.1. The van der Waals surface area contributed by atoms with Gasteiger partial charge in [-0.05, 0) is 77.0 Å². The van der Waals surface area contributed by atoms with Gasteiger partial charge in [0.05, 0.1) is 34.4 Å². The third kappa shape index (κ3) is 42.7. The summed E-state index contributed by atoms with van der Waals surface area (Å²) in [5, 5.41) is 0. The molecule has 0 aliphatic heterocycles. The zero-order chi connectivity index (χ0) is 40.6. The Morgan fingerprint density at radius 2 is 1.05 bits per heavy atom. The fourth-order valence-corrected chi connectivity index (χ4v) is 5.90. The van der Waals surface area contributed by atoms with Crippen molar-refractivity contribution >= 4 is 13.8 Å². The fraction of sp³-hybridized carbons (Fsp3) is 0.674. The predicted octanol–water partition coefficient (Wildman–Crippen LogP) is 12.5. The highest BCUT2D eigenvalue weighted by Crippen LogP contribution is 2.43. The number of ether oxygens (including phenoxy) is 2. The maximum Gasteiger partial charge on any atom is 0.472 e. The first kappa shape index (κ1) is 52.7. The van der Waals surface area contributed by atoms with Crippen molar-refractivity contribution in [3.63, 3.8) is 0 Å². The minimum absolute atomic E-state index is 0.0692. The van der Waals surface area contributed by atoms with E-state index >= 15 is 0 Å². The highest BCUT2D eigenvalue weighted by atomic mass is 31.2. The second-order valence-electron chi connectivity index (χ2n) is 15.0. The lowest BCUT2D eigenvalue weighted by Crippen LogP contribution is -2.37. The molecule has 0 rings (SSSR count). The Morgan fingerprint density at radius 3 is 1.58 bits per heavy atom. The third-order valence-corrected chi connectivity index (χ3v) is 9.44. The number of allylic oxidation sites excluding steroid dienone is 14. The van der Waals surface area contributed by atoms with E-state index < -0.39 is 19.9 Å². The molecule has 0 aromatic heterocycles. The number of phosphoric ester groups is 1. The molecule has 0 aromatic rings. The van der Waals surface area contributed by atoms with Gasteiger partial charge in [0, 0.05) is 13.0 Å². The molecule has 9 heteroatoms. The van der Waals surface area contributed by atoms with Crippen LogP contribution in [0, 0.1) is 0 Å². The molecule has 1 N–H and O–H groups in total. The van der Waals surface area contributed by atoms with Crippen LogP contribution in [0.2, 0.25) is 0 Å². The van der Waals surface area contributed by atoms with E-state index in [1.54, 1.807) is 0 Å². The van der Waals surface area contributed by atoms with E-state index in [0.29, 0.717) is 24.1 Å². The van der Waals surface area contributed by atoms with Crippen LogP contribution in [0.25, 0.3) is 0 Å². The molecule has 0 saturated heterocycles. The van der Waals surface area contributed by atoms with Crippen molar-refractivity contribution in [2.45, 2.75) is 148 Å². The van der Waals surface area contributed by atoms with E-state index in [0.717, 1.165) is 64.2 Å². The van der Waals surface area contributed by atoms with E-state index in [1.165, 1.54) is 51.4 Å². The molecule has 0 amide bonds. The van der Waals surface area contributed by atoms with Crippen molar-refractivity contribution in [2.75, 3.05) is 54.1 Å². The second kappa shape index (κ2) is 38.5. The van der Waals surface area contributed by atoms with Crippen LogP contribution >= 0.6 is 7.82 Å². The normalized spacial score (nSPS) is 14.7. The van der Waals surface area contributed by atoms with Gasteiger partial charge in [-0.15, -0.1) is 0 Å². The first-order valence-electron chi connectivity index (χ1n) is 21.3. The maximum atomic E-state index is 12.6. The van der Waals surface area contributed by atoms with Gasteiger partial charge >= 0.3 is 13.8 Å². The largest absolute Gasteiger partial charge is 0.472 e. The number of hydrogen-bond donors (Lipinski definition) is 1. The molecule has 0 spiro atoms. The molecule has 0 aliphatic rings. The minimum Gasteiger partial charge on any atom is -0.457 e.